The van der Waals surface area contributed by atoms with Crippen molar-refractivity contribution in [3.8, 4) is 11.5 Å². The second kappa shape index (κ2) is 8.59. The van der Waals surface area contributed by atoms with E-state index in [1.54, 1.807) is 20.3 Å². The van der Waals surface area contributed by atoms with E-state index < -0.39 is 5.91 Å². The zero-order chi connectivity index (χ0) is 19.2. The molecule has 1 aromatic heterocycles. The Labute approximate surface area is 157 Å². The predicted molar refractivity (Wildman–Crippen MR) is 97.4 cm³/mol. The Hall–Kier alpha value is -3.00. The van der Waals surface area contributed by atoms with Crippen LogP contribution in [0.2, 0.25) is 0 Å². The van der Waals surface area contributed by atoms with E-state index >= 15 is 0 Å². The second-order valence-electron chi connectivity index (χ2n) is 6.22. The maximum absolute atomic E-state index is 12.3. The van der Waals surface area contributed by atoms with Crippen molar-refractivity contribution < 1.29 is 23.5 Å². The van der Waals surface area contributed by atoms with Crippen LogP contribution in [0, 0.1) is 0 Å². The third kappa shape index (κ3) is 4.40. The molecule has 8 nitrogen and oxygen atoms in total. The molecule has 2 N–H and O–H groups in total. The van der Waals surface area contributed by atoms with Gasteiger partial charge in [0.05, 0.1) is 27.0 Å². The number of nitrogens with one attached hydrogen (secondary N) is 2. The van der Waals surface area contributed by atoms with Crippen molar-refractivity contribution in [1.82, 2.24) is 15.8 Å². The number of benzene rings is 1. The average molecular weight is 373 g/mol. The quantitative estimate of drug-likeness (QED) is 0.751. The van der Waals surface area contributed by atoms with Crippen LogP contribution in [0.25, 0.3) is 0 Å². The Bertz CT molecular complexity index is 791. The van der Waals surface area contributed by atoms with Crippen LogP contribution in [0.15, 0.2) is 41.0 Å². The Balaban J connectivity index is 1.61. The number of hydrogen-bond donors (Lipinski definition) is 2. The van der Waals surface area contributed by atoms with Crippen LogP contribution in [0.4, 0.5) is 0 Å². The topological polar surface area (TPSA) is 93.0 Å². The number of likely N-dealkylation sites (tertiary alicyclic amines) is 1. The van der Waals surface area contributed by atoms with Gasteiger partial charge in [-0.3, -0.25) is 25.3 Å². The molecule has 1 aromatic carbocycles. The smallest absolute Gasteiger partial charge is 0.305 e. The highest BCUT2D eigenvalue weighted by Gasteiger charge is 2.30. The molecular formula is C19H23N3O5. The van der Waals surface area contributed by atoms with Crippen molar-refractivity contribution in [2.45, 2.75) is 18.9 Å². The van der Waals surface area contributed by atoms with E-state index in [9.17, 15) is 9.59 Å². The maximum Gasteiger partial charge on any atom is 0.305 e. The van der Waals surface area contributed by atoms with Gasteiger partial charge in [0.15, 0.2) is 5.76 Å². The predicted octanol–water partition coefficient (Wildman–Crippen LogP) is 1.89. The highest BCUT2D eigenvalue weighted by atomic mass is 16.5. The van der Waals surface area contributed by atoms with Gasteiger partial charge in [-0.05, 0) is 37.6 Å². The van der Waals surface area contributed by atoms with Crippen LogP contribution >= 0.6 is 0 Å². The summed E-state index contributed by atoms with van der Waals surface area (Å²) in [5.74, 6) is 0.797. The van der Waals surface area contributed by atoms with Gasteiger partial charge >= 0.3 is 5.91 Å². The summed E-state index contributed by atoms with van der Waals surface area (Å²) in [5, 5.41) is 0. The Morgan fingerprint density at radius 3 is 2.78 bits per heavy atom. The number of ether oxygens (including phenoxy) is 2. The maximum atomic E-state index is 12.3. The van der Waals surface area contributed by atoms with Gasteiger partial charge in [-0.1, -0.05) is 6.07 Å². The normalized spacial score (nSPS) is 16.7. The lowest BCUT2D eigenvalue weighted by molar-refractivity contribution is -0.123. The van der Waals surface area contributed by atoms with Crippen LogP contribution in [0.1, 0.15) is 35.0 Å². The number of hydrazine groups is 1. The van der Waals surface area contributed by atoms with Gasteiger partial charge in [0.1, 0.15) is 11.5 Å². The lowest BCUT2D eigenvalue weighted by Gasteiger charge is -2.25. The van der Waals surface area contributed by atoms with Crippen molar-refractivity contribution in [1.29, 1.82) is 0 Å². The summed E-state index contributed by atoms with van der Waals surface area (Å²) < 4.78 is 15.7. The first-order chi connectivity index (χ1) is 13.1. The van der Waals surface area contributed by atoms with Gasteiger partial charge < -0.3 is 13.9 Å². The first-order valence-corrected chi connectivity index (χ1v) is 8.71. The summed E-state index contributed by atoms with van der Waals surface area (Å²) in [6, 6.07) is 8.89. The van der Waals surface area contributed by atoms with Crippen LogP contribution in [-0.4, -0.2) is 44.0 Å². The molecule has 1 aliphatic rings. The summed E-state index contributed by atoms with van der Waals surface area (Å²) in [6.07, 6.45) is 3.30. The highest BCUT2D eigenvalue weighted by Crippen LogP contribution is 2.38. The first kappa shape index (κ1) is 18.8. The van der Waals surface area contributed by atoms with Crippen molar-refractivity contribution in [2.24, 2.45) is 0 Å². The molecule has 2 aromatic rings. The molecule has 0 aliphatic carbocycles. The van der Waals surface area contributed by atoms with E-state index in [2.05, 4.69) is 15.8 Å². The van der Waals surface area contributed by atoms with Gasteiger partial charge in [0.25, 0.3) is 5.91 Å². The molecule has 2 heterocycles. The van der Waals surface area contributed by atoms with E-state index in [0.29, 0.717) is 0 Å². The van der Waals surface area contributed by atoms with E-state index in [1.807, 2.05) is 18.2 Å². The fourth-order valence-electron chi connectivity index (χ4n) is 3.28. The molecule has 144 valence electrons. The van der Waals surface area contributed by atoms with Crippen molar-refractivity contribution in [3.05, 3.63) is 47.9 Å². The van der Waals surface area contributed by atoms with E-state index in [1.165, 1.54) is 12.3 Å². The van der Waals surface area contributed by atoms with Crippen molar-refractivity contribution >= 4 is 11.8 Å². The van der Waals surface area contributed by atoms with E-state index in [4.69, 9.17) is 13.9 Å². The second-order valence-corrected chi connectivity index (χ2v) is 6.22. The zero-order valence-corrected chi connectivity index (χ0v) is 15.4. The minimum atomic E-state index is -0.497. The van der Waals surface area contributed by atoms with Crippen LogP contribution < -0.4 is 20.3 Å². The minimum absolute atomic E-state index is 0.0670. The Morgan fingerprint density at radius 2 is 2.07 bits per heavy atom. The molecule has 1 saturated heterocycles. The molecule has 27 heavy (non-hydrogen) atoms. The first-order valence-electron chi connectivity index (χ1n) is 8.71. The standard InChI is InChI=1S/C19H23N3O5/c1-25-13-7-8-14(17(11-13)26-2)15-5-3-9-22(15)12-18(23)20-21-19(24)16-6-4-10-27-16/h4,6-8,10-11,15H,3,5,9,12H2,1-2H3,(H,20,23)(H,21,24)/t15-/m1/s1. The average Bonchev–Trinajstić information content (AvgIpc) is 3.37. The number of carbonyl (C=O) groups is 2. The minimum Gasteiger partial charge on any atom is -0.497 e. The van der Waals surface area contributed by atoms with Gasteiger partial charge in [-0.15, -0.1) is 0 Å². The fraction of sp³-hybridized carbons (Fsp3) is 0.368. The molecule has 3 rings (SSSR count). The van der Waals surface area contributed by atoms with Crippen LogP contribution in [0.3, 0.4) is 0 Å². The monoisotopic (exact) mass is 373 g/mol. The number of rotatable bonds is 6. The summed E-state index contributed by atoms with van der Waals surface area (Å²) in [6.45, 7) is 0.956. The molecule has 0 saturated carbocycles. The summed E-state index contributed by atoms with van der Waals surface area (Å²) >= 11 is 0. The summed E-state index contributed by atoms with van der Waals surface area (Å²) in [4.78, 5) is 26.1. The third-order valence-electron chi connectivity index (χ3n) is 4.57. The molecule has 1 aliphatic heterocycles. The van der Waals surface area contributed by atoms with Crippen LogP contribution in [-0.2, 0) is 4.79 Å². The van der Waals surface area contributed by atoms with Gasteiger partial charge in [-0.2, -0.15) is 0 Å². The molecule has 0 spiro atoms. The molecular weight excluding hydrogens is 350 g/mol. The summed E-state index contributed by atoms with van der Waals surface area (Å²) in [5.41, 5.74) is 5.79. The number of nitrogens with zero attached hydrogens (tertiary/aromatic N) is 1. The van der Waals surface area contributed by atoms with Gasteiger partial charge in [0, 0.05) is 17.7 Å². The van der Waals surface area contributed by atoms with Gasteiger partial charge in [0.2, 0.25) is 0 Å². The van der Waals surface area contributed by atoms with E-state index in [-0.39, 0.29) is 24.3 Å². The van der Waals surface area contributed by atoms with Gasteiger partial charge in [-0.25, -0.2) is 0 Å². The zero-order valence-electron chi connectivity index (χ0n) is 15.4. The number of hydrogen-bond acceptors (Lipinski definition) is 6. The molecule has 0 radical (unpaired) electrons. The number of amides is 2. The van der Waals surface area contributed by atoms with Crippen molar-refractivity contribution in [3.63, 3.8) is 0 Å². The largest absolute Gasteiger partial charge is 0.497 e. The number of furan rings is 1. The Kier molecular flexibility index (Phi) is 5.97. The third-order valence-corrected chi connectivity index (χ3v) is 4.57. The molecule has 2 amide bonds. The number of carbonyl (C=O) groups excluding carboxylic acids is 2. The molecule has 1 fully saturated rings. The van der Waals surface area contributed by atoms with Crippen molar-refractivity contribution in [2.75, 3.05) is 27.3 Å². The molecule has 8 heteroatoms. The molecule has 1 atom stereocenters. The molecule has 0 unspecified atom stereocenters. The fourth-order valence-corrected chi connectivity index (χ4v) is 3.28. The number of methoxy groups -OCH3 is 2. The lowest BCUT2D eigenvalue weighted by atomic mass is 10.0. The van der Waals surface area contributed by atoms with Crippen LogP contribution in [0.5, 0.6) is 11.5 Å². The lowest BCUT2D eigenvalue weighted by Crippen LogP contribution is -2.46. The van der Waals surface area contributed by atoms with E-state index in [0.717, 1.165) is 36.4 Å². The SMILES string of the molecule is COc1ccc([C@H]2CCCN2CC(=O)NNC(=O)c2ccco2)c(OC)c1. The Morgan fingerprint density at radius 1 is 1.22 bits per heavy atom. The highest BCUT2D eigenvalue weighted by molar-refractivity contribution is 5.93. The summed E-state index contributed by atoms with van der Waals surface area (Å²) in [7, 11) is 3.23. The molecule has 0 bridgehead atoms.